The van der Waals surface area contributed by atoms with Crippen LogP contribution in [-0.4, -0.2) is 23.0 Å². The minimum atomic E-state index is -0.863. The zero-order valence-corrected chi connectivity index (χ0v) is 11.5. The van der Waals surface area contributed by atoms with Gasteiger partial charge in [-0.25, -0.2) is 0 Å². The van der Waals surface area contributed by atoms with Crippen LogP contribution in [0.1, 0.15) is 45.4 Å². The minimum absolute atomic E-state index is 0.0869. The van der Waals surface area contributed by atoms with Crippen LogP contribution in [-0.2, 0) is 9.59 Å². The van der Waals surface area contributed by atoms with Crippen molar-refractivity contribution in [1.82, 2.24) is 5.32 Å². The van der Waals surface area contributed by atoms with Crippen LogP contribution in [0.3, 0.4) is 0 Å². The Hall–Kier alpha value is -1.32. The van der Waals surface area contributed by atoms with Crippen LogP contribution in [0.15, 0.2) is 12.2 Å². The molecule has 3 atom stereocenters. The van der Waals surface area contributed by atoms with Gasteiger partial charge in [-0.05, 0) is 38.5 Å². The third kappa shape index (κ3) is 3.37. The molecule has 0 bridgehead atoms. The number of carbonyl (C=O) groups is 2. The first-order valence-electron chi connectivity index (χ1n) is 7.27. The summed E-state index contributed by atoms with van der Waals surface area (Å²) in [5, 5.41) is 12.2. The smallest absolute Gasteiger partial charge is 0.307 e. The Morgan fingerprint density at radius 2 is 1.74 bits per heavy atom. The highest BCUT2D eigenvalue weighted by molar-refractivity contribution is 5.85. The third-order valence-corrected chi connectivity index (χ3v) is 4.56. The SMILES string of the molecule is C[C@H](NC(=O)C1CC=CCC1C(=O)O)C1CCCC1. The summed E-state index contributed by atoms with van der Waals surface area (Å²) in [6.45, 7) is 2.04. The van der Waals surface area contributed by atoms with Crippen molar-refractivity contribution >= 4 is 11.9 Å². The van der Waals surface area contributed by atoms with E-state index in [9.17, 15) is 14.7 Å². The number of hydrogen-bond donors (Lipinski definition) is 2. The third-order valence-electron chi connectivity index (χ3n) is 4.56. The lowest BCUT2D eigenvalue weighted by Crippen LogP contribution is -2.44. The quantitative estimate of drug-likeness (QED) is 0.767. The van der Waals surface area contributed by atoms with E-state index >= 15 is 0 Å². The van der Waals surface area contributed by atoms with Crippen molar-refractivity contribution in [3.05, 3.63) is 12.2 Å². The first-order chi connectivity index (χ1) is 9.09. The van der Waals surface area contributed by atoms with Crippen LogP contribution in [0.2, 0.25) is 0 Å². The summed E-state index contributed by atoms with van der Waals surface area (Å²) in [4.78, 5) is 23.5. The van der Waals surface area contributed by atoms with E-state index in [2.05, 4.69) is 5.32 Å². The highest BCUT2D eigenvalue weighted by atomic mass is 16.4. The highest BCUT2D eigenvalue weighted by Crippen LogP contribution is 2.29. The second-order valence-electron chi connectivity index (χ2n) is 5.84. The van der Waals surface area contributed by atoms with Gasteiger partial charge in [0.1, 0.15) is 0 Å². The molecule has 106 valence electrons. The number of carbonyl (C=O) groups excluding carboxylic acids is 1. The Bertz CT molecular complexity index is 372. The first-order valence-corrected chi connectivity index (χ1v) is 7.27. The fraction of sp³-hybridized carbons (Fsp3) is 0.733. The molecule has 1 saturated carbocycles. The van der Waals surface area contributed by atoms with Crippen LogP contribution >= 0.6 is 0 Å². The van der Waals surface area contributed by atoms with E-state index in [1.165, 1.54) is 25.7 Å². The molecule has 2 unspecified atom stereocenters. The summed E-state index contributed by atoms with van der Waals surface area (Å²) in [5.41, 5.74) is 0. The molecule has 2 aliphatic carbocycles. The average Bonchev–Trinajstić information content (AvgIpc) is 2.92. The van der Waals surface area contributed by atoms with E-state index in [1.807, 2.05) is 19.1 Å². The number of hydrogen-bond acceptors (Lipinski definition) is 2. The molecule has 2 rings (SSSR count). The Morgan fingerprint density at radius 3 is 2.32 bits per heavy atom. The van der Waals surface area contributed by atoms with Gasteiger partial charge in [0.2, 0.25) is 5.91 Å². The predicted octanol–water partition coefficient (Wildman–Crippen LogP) is 2.35. The van der Waals surface area contributed by atoms with Crippen molar-refractivity contribution in [2.45, 2.75) is 51.5 Å². The van der Waals surface area contributed by atoms with Gasteiger partial charge in [0.15, 0.2) is 0 Å². The Kier molecular flexibility index (Phi) is 4.61. The van der Waals surface area contributed by atoms with Crippen molar-refractivity contribution < 1.29 is 14.7 Å². The molecule has 0 aliphatic heterocycles. The number of carboxylic acid groups (broad SMARTS) is 1. The summed E-state index contributed by atoms with van der Waals surface area (Å²) in [6.07, 6.45) is 9.63. The van der Waals surface area contributed by atoms with Crippen molar-refractivity contribution in [2.75, 3.05) is 0 Å². The molecule has 0 aromatic carbocycles. The topological polar surface area (TPSA) is 66.4 Å². The van der Waals surface area contributed by atoms with Crippen LogP contribution in [0, 0.1) is 17.8 Å². The number of amides is 1. The monoisotopic (exact) mass is 265 g/mol. The summed E-state index contributed by atoms with van der Waals surface area (Å²) < 4.78 is 0. The van der Waals surface area contributed by atoms with Crippen molar-refractivity contribution in [2.24, 2.45) is 17.8 Å². The lowest BCUT2D eigenvalue weighted by molar-refractivity contribution is -0.147. The lowest BCUT2D eigenvalue weighted by Gasteiger charge is -2.27. The molecule has 0 aromatic heterocycles. The summed E-state index contributed by atoms with van der Waals surface area (Å²) in [6, 6.07) is 0.162. The van der Waals surface area contributed by atoms with Crippen LogP contribution in [0.5, 0.6) is 0 Å². The number of carboxylic acids is 1. The van der Waals surface area contributed by atoms with Gasteiger partial charge in [0.25, 0.3) is 0 Å². The second-order valence-corrected chi connectivity index (χ2v) is 5.84. The van der Waals surface area contributed by atoms with Gasteiger partial charge in [-0.15, -0.1) is 0 Å². The minimum Gasteiger partial charge on any atom is -0.481 e. The standard InChI is InChI=1S/C15H23NO3/c1-10(11-6-2-3-7-11)16-14(17)12-8-4-5-9-13(12)15(18)19/h4-5,10-13H,2-3,6-9H2,1H3,(H,16,17)(H,18,19)/t10-,12?,13?/m0/s1. The second kappa shape index (κ2) is 6.22. The van der Waals surface area contributed by atoms with Crippen molar-refractivity contribution in [1.29, 1.82) is 0 Å². The molecule has 1 fully saturated rings. The molecular weight excluding hydrogens is 242 g/mol. The normalized spacial score (nSPS) is 29.1. The highest BCUT2D eigenvalue weighted by Gasteiger charge is 2.35. The van der Waals surface area contributed by atoms with E-state index < -0.39 is 17.8 Å². The Labute approximate surface area is 114 Å². The molecule has 2 N–H and O–H groups in total. The fourth-order valence-electron chi connectivity index (χ4n) is 3.28. The van der Waals surface area contributed by atoms with Gasteiger partial charge in [-0.3, -0.25) is 9.59 Å². The molecule has 4 heteroatoms. The molecule has 0 radical (unpaired) electrons. The van der Waals surface area contributed by atoms with Crippen molar-refractivity contribution in [3.8, 4) is 0 Å². The van der Waals surface area contributed by atoms with E-state index in [4.69, 9.17) is 0 Å². The molecule has 2 aliphatic rings. The molecule has 4 nitrogen and oxygen atoms in total. The lowest BCUT2D eigenvalue weighted by atomic mass is 9.82. The maximum absolute atomic E-state index is 12.3. The van der Waals surface area contributed by atoms with Gasteiger partial charge in [-0.2, -0.15) is 0 Å². The van der Waals surface area contributed by atoms with Crippen molar-refractivity contribution in [3.63, 3.8) is 0 Å². The number of nitrogens with one attached hydrogen (secondary N) is 1. The van der Waals surface area contributed by atoms with Gasteiger partial charge in [0, 0.05) is 6.04 Å². The number of aliphatic carboxylic acids is 1. The first kappa shape index (κ1) is 14.1. The molecule has 0 saturated heterocycles. The number of rotatable bonds is 4. The molecule has 0 aromatic rings. The molecule has 0 heterocycles. The Balaban J connectivity index is 1.94. The van der Waals surface area contributed by atoms with Gasteiger partial charge < -0.3 is 10.4 Å². The molecule has 0 spiro atoms. The zero-order chi connectivity index (χ0) is 13.8. The molecule has 1 amide bonds. The molecular formula is C15H23NO3. The maximum Gasteiger partial charge on any atom is 0.307 e. The fourth-order valence-corrected chi connectivity index (χ4v) is 3.28. The van der Waals surface area contributed by atoms with E-state index in [1.54, 1.807) is 0 Å². The van der Waals surface area contributed by atoms with Crippen LogP contribution in [0.25, 0.3) is 0 Å². The zero-order valence-electron chi connectivity index (χ0n) is 11.5. The summed E-state index contributed by atoms with van der Waals surface area (Å²) in [7, 11) is 0. The number of allylic oxidation sites excluding steroid dienone is 2. The summed E-state index contributed by atoms with van der Waals surface area (Å²) in [5.74, 6) is -1.37. The van der Waals surface area contributed by atoms with Gasteiger partial charge in [0.05, 0.1) is 11.8 Å². The summed E-state index contributed by atoms with van der Waals surface area (Å²) >= 11 is 0. The predicted molar refractivity (Wildman–Crippen MR) is 72.6 cm³/mol. The maximum atomic E-state index is 12.3. The largest absolute Gasteiger partial charge is 0.481 e. The van der Waals surface area contributed by atoms with Crippen LogP contribution < -0.4 is 5.32 Å². The van der Waals surface area contributed by atoms with E-state index in [0.717, 1.165) is 0 Å². The average molecular weight is 265 g/mol. The Morgan fingerprint density at radius 1 is 1.16 bits per heavy atom. The van der Waals surface area contributed by atoms with Gasteiger partial charge in [-0.1, -0.05) is 25.0 Å². The van der Waals surface area contributed by atoms with Crippen LogP contribution in [0.4, 0.5) is 0 Å². The van der Waals surface area contributed by atoms with E-state index in [-0.39, 0.29) is 11.9 Å². The van der Waals surface area contributed by atoms with Gasteiger partial charge >= 0.3 is 5.97 Å². The van der Waals surface area contributed by atoms with E-state index in [0.29, 0.717) is 18.8 Å². The molecule has 19 heavy (non-hydrogen) atoms.